The maximum absolute atomic E-state index is 12.8. The Balaban J connectivity index is 4.73. The van der Waals surface area contributed by atoms with Gasteiger partial charge in [0.05, 0.1) is 39.9 Å². The number of rotatable bonds is 36. The molecule has 0 spiro atoms. The molecule has 0 rings (SSSR count). The molecule has 9 nitrogen and oxygen atoms in total. The van der Waals surface area contributed by atoms with E-state index in [0.717, 1.165) is 51.4 Å². The fraction of sp³-hybridized carbons (Fsp3) is 0.667. The quantitative estimate of drug-likeness (QED) is 0.0215. The summed E-state index contributed by atoms with van der Waals surface area (Å²) in [6.07, 6.45) is 45.2. The lowest BCUT2D eigenvalue weighted by Gasteiger charge is -2.28. The summed E-state index contributed by atoms with van der Waals surface area (Å²) in [5, 5.41) is 24.5. The molecule has 0 aliphatic carbocycles. The molecule has 0 fully saturated rings. The Labute approximate surface area is 336 Å². The van der Waals surface area contributed by atoms with Crippen LogP contribution in [0.5, 0.6) is 0 Å². The highest BCUT2D eigenvalue weighted by Crippen LogP contribution is 2.43. The first kappa shape index (κ1) is 52.6. The topological polar surface area (TPSA) is 125 Å². The van der Waals surface area contributed by atoms with Gasteiger partial charge in [0.1, 0.15) is 19.3 Å². The molecule has 0 aromatic rings. The summed E-state index contributed by atoms with van der Waals surface area (Å²) in [6, 6.07) is -1.09. The fourth-order valence-electron chi connectivity index (χ4n) is 5.34. The van der Waals surface area contributed by atoms with Crippen molar-refractivity contribution in [3.05, 3.63) is 85.1 Å². The van der Waals surface area contributed by atoms with Gasteiger partial charge in [-0.2, -0.15) is 0 Å². The van der Waals surface area contributed by atoms with Gasteiger partial charge in [-0.15, -0.1) is 0 Å². The SMILES string of the molecule is CC/C=C\C/C=C\C/C=C\C/C=C\C/C=C\C/C=C\CCC(=O)NC(COP(=O)(O)OCC[N+](C)(C)C)C(O)C(O)CCC/C=C/CCCCCCCCC. The molecular weight excluding hydrogens is 711 g/mol. The zero-order valence-electron chi connectivity index (χ0n) is 35.2. The maximum atomic E-state index is 12.8. The highest BCUT2D eigenvalue weighted by atomic mass is 31.2. The second kappa shape index (κ2) is 36.0. The molecule has 0 aliphatic rings. The molecule has 4 unspecified atom stereocenters. The van der Waals surface area contributed by atoms with Crippen LogP contribution >= 0.6 is 7.82 Å². The molecule has 4 atom stereocenters. The van der Waals surface area contributed by atoms with Crippen molar-refractivity contribution in [2.75, 3.05) is 40.9 Å². The molecule has 10 heteroatoms. The Morgan fingerprint density at radius 1 is 0.655 bits per heavy atom. The van der Waals surface area contributed by atoms with E-state index in [4.69, 9.17) is 9.05 Å². The molecule has 0 aliphatic heterocycles. The van der Waals surface area contributed by atoms with Gasteiger partial charge in [-0.25, -0.2) is 4.57 Å². The van der Waals surface area contributed by atoms with Crippen LogP contribution in [0.15, 0.2) is 85.1 Å². The van der Waals surface area contributed by atoms with E-state index < -0.39 is 32.7 Å². The van der Waals surface area contributed by atoms with Crippen molar-refractivity contribution in [2.24, 2.45) is 0 Å². The number of phosphoric acid groups is 1. The van der Waals surface area contributed by atoms with Crippen molar-refractivity contribution in [1.82, 2.24) is 5.32 Å². The van der Waals surface area contributed by atoms with Crippen molar-refractivity contribution >= 4 is 13.7 Å². The Morgan fingerprint density at radius 2 is 1.13 bits per heavy atom. The molecule has 0 radical (unpaired) electrons. The molecule has 0 saturated carbocycles. The first-order chi connectivity index (χ1) is 26.4. The van der Waals surface area contributed by atoms with E-state index in [9.17, 15) is 24.5 Å². The normalized spacial score (nSPS) is 15.9. The van der Waals surface area contributed by atoms with Gasteiger partial charge in [-0.05, 0) is 77.0 Å². The third kappa shape index (κ3) is 37.0. The first-order valence-electron chi connectivity index (χ1n) is 21.0. The van der Waals surface area contributed by atoms with Crippen molar-refractivity contribution in [3.63, 3.8) is 0 Å². The minimum atomic E-state index is -4.44. The Hall–Kier alpha value is -2.36. The number of phosphoric ester groups is 1. The standard InChI is InChI=1S/C45H79N2O7P/c1-6-8-10-12-14-16-18-20-21-22-23-24-25-26-28-30-32-34-36-38-44(49)46-42(41-54-55(51,52)53-40-39-47(3,4)5)45(50)43(48)37-35-33-31-29-27-19-17-15-13-11-9-7-2/h8,10,14,16,20-21,23-24,26,28-29,31-32,34,42-43,45,48,50H,6-7,9,11-13,15,17-19,22,25,27,30,33,35-41H2,1-5H3,(H-,46,49,51,52)/p+1/b10-8-,16-14-,21-20-,24-23-,28-26-,31-29+,34-32-. The van der Waals surface area contributed by atoms with Gasteiger partial charge in [-0.3, -0.25) is 13.8 Å². The largest absolute Gasteiger partial charge is 0.472 e. The Morgan fingerprint density at radius 3 is 1.65 bits per heavy atom. The number of amides is 1. The number of aliphatic hydroxyl groups is 2. The van der Waals surface area contributed by atoms with Crippen LogP contribution in [-0.4, -0.2) is 84.6 Å². The maximum Gasteiger partial charge on any atom is 0.472 e. The smallest absolute Gasteiger partial charge is 0.390 e. The molecule has 0 aromatic carbocycles. The number of hydrogen-bond donors (Lipinski definition) is 4. The number of carbonyl (C=O) groups is 1. The number of hydrogen-bond acceptors (Lipinski definition) is 6. The number of unbranched alkanes of at least 4 members (excludes halogenated alkanes) is 8. The lowest BCUT2D eigenvalue weighted by Crippen LogP contribution is -2.51. The second-order valence-corrected chi connectivity index (χ2v) is 16.6. The molecule has 0 aromatic heterocycles. The summed E-state index contributed by atoms with van der Waals surface area (Å²) < 4.78 is 23.4. The first-order valence-corrected chi connectivity index (χ1v) is 22.5. The predicted octanol–water partition coefficient (Wildman–Crippen LogP) is 10.4. The van der Waals surface area contributed by atoms with Crippen LogP contribution in [0, 0.1) is 0 Å². The summed E-state index contributed by atoms with van der Waals surface area (Å²) in [5.41, 5.74) is 0. The minimum Gasteiger partial charge on any atom is -0.390 e. The van der Waals surface area contributed by atoms with Crippen LogP contribution < -0.4 is 5.32 Å². The van der Waals surface area contributed by atoms with Gasteiger partial charge >= 0.3 is 7.82 Å². The average Bonchev–Trinajstić information content (AvgIpc) is 3.13. The molecular formula is C45H80N2O7P+. The number of quaternary nitrogens is 1. The number of carbonyl (C=O) groups excluding carboxylic acids is 1. The van der Waals surface area contributed by atoms with Crippen LogP contribution in [0.25, 0.3) is 0 Å². The zero-order valence-corrected chi connectivity index (χ0v) is 36.1. The highest BCUT2D eigenvalue weighted by molar-refractivity contribution is 7.47. The molecule has 316 valence electrons. The highest BCUT2D eigenvalue weighted by Gasteiger charge is 2.31. The molecule has 4 N–H and O–H groups in total. The van der Waals surface area contributed by atoms with E-state index >= 15 is 0 Å². The summed E-state index contributed by atoms with van der Waals surface area (Å²) >= 11 is 0. The molecule has 0 saturated heterocycles. The molecule has 0 heterocycles. The average molecular weight is 792 g/mol. The summed E-state index contributed by atoms with van der Waals surface area (Å²) in [4.78, 5) is 23.1. The van der Waals surface area contributed by atoms with Crippen molar-refractivity contribution in [2.45, 2.75) is 154 Å². The van der Waals surface area contributed by atoms with Gasteiger partial charge in [0.15, 0.2) is 0 Å². The van der Waals surface area contributed by atoms with Gasteiger partial charge in [0.2, 0.25) is 5.91 Å². The monoisotopic (exact) mass is 792 g/mol. The van der Waals surface area contributed by atoms with E-state index in [1.807, 2.05) is 33.3 Å². The van der Waals surface area contributed by atoms with E-state index in [2.05, 4.69) is 92.1 Å². The second-order valence-electron chi connectivity index (χ2n) is 15.1. The van der Waals surface area contributed by atoms with Crippen LogP contribution in [-0.2, 0) is 18.4 Å². The minimum absolute atomic E-state index is 0.00207. The third-order valence-corrected chi connectivity index (χ3v) is 9.72. The number of allylic oxidation sites excluding steroid dienone is 14. The number of aliphatic hydroxyl groups excluding tert-OH is 2. The van der Waals surface area contributed by atoms with Crippen LogP contribution in [0.3, 0.4) is 0 Å². The van der Waals surface area contributed by atoms with Gasteiger partial charge in [-0.1, -0.05) is 137 Å². The Kier molecular flexibility index (Phi) is 34.5. The lowest BCUT2D eigenvalue weighted by molar-refractivity contribution is -0.870. The molecule has 55 heavy (non-hydrogen) atoms. The fourth-order valence-corrected chi connectivity index (χ4v) is 6.08. The number of likely N-dealkylation sites (N-methyl/N-ethyl adjacent to an activating group) is 1. The van der Waals surface area contributed by atoms with E-state index in [1.165, 1.54) is 44.9 Å². The van der Waals surface area contributed by atoms with Crippen LogP contribution in [0.4, 0.5) is 0 Å². The van der Waals surface area contributed by atoms with Crippen molar-refractivity contribution in [3.8, 4) is 0 Å². The summed E-state index contributed by atoms with van der Waals surface area (Å²) in [5.74, 6) is -0.355. The zero-order chi connectivity index (χ0) is 40.9. The van der Waals surface area contributed by atoms with Crippen molar-refractivity contribution < 1.29 is 38.0 Å². The van der Waals surface area contributed by atoms with Gasteiger partial charge in [0, 0.05) is 6.42 Å². The summed E-state index contributed by atoms with van der Waals surface area (Å²) in [6.45, 7) is 4.36. The van der Waals surface area contributed by atoms with Crippen molar-refractivity contribution in [1.29, 1.82) is 0 Å². The van der Waals surface area contributed by atoms with E-state index in [1.54, 1.807) is 0 Å². The van der Waals surface area contributed by atoms with E-state index in [0.29, 0.717) is 30.3 Å². The van der Waals surface area contributed by atoms with Crippen LogP contribution in [0.1, 0.15) is 136 Å². The molecule has 0 bridgehead atoms. The van der Waals surface area contributed by atoms with Gasteiger partial charge < -0.3 is 24.9 Å². The predicted molar refractivity (Wildman–Crippen MR) is 232 cm³/mol. The number of nitrogens with zero attached hydrogens (tertiary/aromatic N) is 1. The van der Waals surface area contributed by atoms with Crippen LogP contribution in [0.2, 0.25) is 0 Å². The Bertz CT molecular complexity index is 1190. The summed E-state index contributed by atoms with van der Waals surface area (Å²) in [7, 11) is 1.35. The van der Waals surface area contributed by atoms with E-state index in [-0.39, 0.29) is 18.9 Å². The third-order valence-electron chi connectivity index (χ3n) is 8.73. The van der Waals surface area contributed by atoms with Gasteiger partial charge in [0.25, 0.3) is 0 Å². The lowest BCUT2D eigenvalue weighted by atomic mass is 10.0. The molecule has 1 amide bonds. The number of nitrogens with one attached hydrogen (secondary N) is 1.